The fourth-order valence-electron chi connectivity index (χ4n) is 1.50. The predicted molar refractivity (Wildman–Crippen MR) is 50.5 cm³/mol. The average molecular weight is 186 g/mol. The molecular weight excluding hydrogens is 168 g/mol. The van der Waals surface area contributed by atoms with Gasteiger partial charge in [0, 0.05) is 6.54 Å². The number of nitrogens with zero attached hydrogens (tertiary/aromatic N) is 1. The predicted octanol–water partition coefficient (Wildman–Crippen LogP) is -0.158. The Morgan fingerprint density at radius 2 is 2.31 bits per heavy atom. The lowest BCUT2D eigenvalue weighted by Crippen LogP contribution is -2.52. The number of ether oxygens (including phenoxy) is 1. The van der Waals surface area contributed by atoms with Gasteiger partial charge >= 0.3 is 0 Å². The number of amides is 1. The Bertz CT molecular complexity index is 184. The van der Waals surface area contributed by atoms with Gasteiger partial charge < -0.3 is 15.0 Å². The fraction of sp³-hybridized carbons (Fsp3) is 0.889. The zero-order valence-corrected chi connectivity index (χ0v) is 8.54. The molecule has 1 N–H and O–H groups in total. The third kappa shape index (κ3) is 2.67. The van der Waals surface area contributed by atoms with E-state index in [-0.39, 0.29) is 18.1 Å². The van der Waals surface area contributed by atoms with E-state index >= 15 is 0 Å². The van der Waals surface area contributed by atoms with Gasteiger partial charge in [-0.2, -0.15) is 0 Å². The molecule has 1 aliphatic rings. The van der Waals surface area contributed by atoms with Gasteiger partial charge in [0.1, 0.15) is 0 Å². The second kappa shape index (κ2) is 4.58. The van der Waals surface area contributed by atoms with Gasteiger partial charge in [-0.05, 0) is 20.9 Å². The standard InChI is InChI=1S/C9H18N2O2/c1-7-6-13-8(2)5-11(7)9(12)4-10-3/h7-8,10H,4-6H2,1-3H3. The molecule has 76 valence electrons. The normalized spacial score (nSPS) is 29.0. The summed E-state index contributed by atoms with van der Waals surface area (Å²) >= 11 is 0. The van der Waals surface area contributed by atoms with Crippen molar-refractivity contribution in [1.29, 1.82) is 0 Å². The van der Waals surface area contributed by atoms with E-state index in [0.717, 1.165) is 0 Å². The van der Waals surface area contributed by atoms with Crippen molar-refractivity contribution in [2.75, 3.05) is 26.7 Å². The molecule has 0 spiro atoms. The smallest absolute Gasteiger partial charge is 0.236 e. The molecule has 0 bridgehead atoms. The van der Waals surface area contributed by atoms with Crippen LogP contribution in [-0.4, -0.2) is 49.7 Å². The first kappa shape index (κ1) is 10.5. The number of likely N-dealkylation sites (N-methyl/N-ethyl adjacent to an activating group) is 1. The van der Waals surface area contributed by atoms with Crippen molar-refractivity contribution in [3.05, 3.63) is 0 Å². The van der Waals surface area contributed by atoms with Crippen molar-refractivity contribution in [3.63, 3.8) is 0 Å². The Morgan fingerprint density at radius 1 is 1.62 bits per heavy atom. The van der Waals surface area contributed by atoms with E-state index in [1.807, 2.05) is 18.7 Å². The van der Waals surface area contributed by atoms with E-state index in [1.165, 1.54) is 0 Å². The molecule has 1 amide bonds. The zero-order chi connectivity index (χ0) is 9.84. The van der Waals surface area contributed by atoms with E-state index in [9.17, 15) is 4.79 Å². The third-order valence-electron chi connectivity index (χ3n) is 2.26. The molecule has 0 aliphatic carbocycles. The summed E-state index contributed by atoms with van der Waals surface area (Å²) in [5.74, 6) is 0.158. The minimum atomic E-state index is 0.158. The quantitative estimate of drug-likeness (QED) is 0.651. The van der Waals surface area contributed by atoms with Gasteiger partial charge in [-0.1, -0.05) is 0 Å². The van der Waals surface area contributed by atoms with Gasteiger partial charge in [-0.15, -0.1) is 0 Å². The first-order valence-electron chi connectivity index (χ1n) is 4.70. The molecule has 1 heterocycles. The van der Waals surface area contributed by atoms with Crippen LogP contribution >= 0.6 is 0 Å². The van der Waals surface area contributed by atoms with E-state index in [2.05, 4.69) is 5.32 Å². The van der Waals surface area contributed by atoms with Crippen molar-refractivity contribution in [2.24, 2.45) is 0 Å². The van der Waals surface area contributed by atoms with Gasteiger partial charge in [0.05, 0.1) is 25.3 Å². The lowest BCUT2D eigenvalue weighted by molar-refractivity contribution is -0.142. The third-order valence-corrected chi connectivity index (χ3v) is 2.26. The highest BCUT2D eigenvalue weighted by atomic mass is 16.5. The molecule has 0 saturated carbocycles. The van der Waals surface area contributed by atoms with Crippen LogP contribution in [0, 0.1) is 0 Å². The van der Waals surface area contributed by atoms with Crippen LogP contribution in [0.3, 0.4) is 0 Å². The van der Waals surface area contributed by atoms with Crippen molar-refractivity contribution in [2.45, 2.75) is 26.0 Å². The fourth-order valence-corrected chi connectivity index (χ4v) is 1.50. The van der Waals surface area contributed by atoms with E-state index < -0.39 is 0 Å². The average Bonchev–Trinajstić information content (AvgIpc) is 2.09. The molecule has 2 unspecified atom stereocenters. The summed E-state index contributed by atoms with van der Waals surface area (Å²) < 4.78 is 5.43. The van der Waals surface area contributed by atoms with Crippen molar-refractivity contribution in [3.8, 4) is 0 Å². The molecule has 1 saturated heterocycles. The van der Waals surface area contributed by atoms with Gasteiger partial charge in [0.15, 0.2) is 0 Å². The van der Waals surface area contributed by atoms with Crippen LogP contribution < -0.4 is 5.32 Å². The Morgan fingerprint density at radius 3 is 2.92 bits per heavy atom. The van der Waals surface area contributed by atoms with Crippen LogP contribution in [0.2, 0.25) is 0 Å². The maximum absolute atomic E-state index is 11.6. The summed E-state index contributed by atoms with van der Waals surface area (Å²) in [7, 11) is 1.78. The molecule has 0 aromatic rings. The minimum Gasteiger partial charge on any atom is -0.375 e. The highest BCUT2D eigenvalue weighted by Crippen LogP contribution is 2.10. The molecule has 1 fully saturated rings. The van der Waals surface area contributed by atoms with Crippen molar-refractivity contribution >= 4 is 5.91 Å². The number of carbonyl (C=O) groups excluding carboxylic acids is 1. The Balaban J connectivity index is 2.50. The first-order valence-corrected chi connectivity index (χ1v) is 4.70. The molecule has 0 aromatic carbocycles. The Labute approximate surface area is 79.2 Å². The minimum absolute atomic E-state index is 0.158. The topological polar surface area (TPSA) is 41.6 Å². The van der Waals surface area contributed by atoms with Crippen molar-refractivity contribution in [1.82, 2.24) is 10.2 Å². The monoisotopic (exact) mass is 186 g/mol. The highest BCUT2D eigenvalue weighted by molar-refractivity contribution is 5.78. The van der Waals surface area contributed by atoms with Crippen LogP contribution in [0.4, 0.5) is 0 Å². The molecule has 0 aromatic heterocycles. The SMILES string of the molecule is CNCC(=O)N1CC(C)OCC1C. The summed E-state index contributed by atoms with van der Waals surface area (Å²) in [6.07, 6.45) is 0.164. The molecule has 1 aliphatic heterocycles. The van der Waals surface area contributed by atoms with E-state index in [0.29, 0.717) is 19.7 Å². The maximum atomic E-state index is 11.6. The molecular formula is C9H18N2O2. The maximum Gasteiger partial charge on any atom is 0.236 e. The van der Waals surface area contributed by atoms with Gasteiger partial charge in [-0.25, -0.2) is 0 Å². The lowest BCUT2D eigenvalue weighted by atomic mass is 10.2. The van der Waals surface area contributed by atoms with E-state index in [1.54, 1.807) is 7.05 Å². The van der Waals surface area contributed by atoms with Crippen LogP contribution in [0.15, 0.2) is 0 Å². The van der Waals surface area contributed by atoms with Crippen LogP contribution in [-0.2, 0) is 9.53 Å². The van der Waals surface area contributed by atoms with E-state index in [4.69, 9.17) is 4.74 Å². The molecule has 1 rings (SSSR count). The number of hydrogen-bond acceptors (Lipinski definition) is 3. The van der Waals surface area contributed by atoms with Gasteiger partial charge in [-0.3, -0.25) is 4.79 Å². The molecule has 0 radical (unpaired) electrons. The number of morpholine rings is 1. The number of nitrogens with one attached hydrogen (secondary N) is 1. The summed E-state index contributed by atoms with van der Waals surface area (Å²) in [6, 6.07) is 0.206. The summed E-state index contributed by atoms with van der Waals surface area (Å²) in [6.45, 7) is 5.78. The largest absolute Gasteiger partial charge is 0.375 e. The number of carbonyl (C=O) groups is 1. The van der Waals surface area contributed by atoms with Crippen LogP contribution in [0.5, 0.6) is 0 Å². The molecule has 2 atom stereocenters. The molecule has 13 heavy (non-hydrogen) atoms. The Kier molecular flexibility index (Phi) is 3.69. The van der Waals surface area contributed by atoms with Gasteiger partial charge in [0.25, 0.3) is 0 Å². The first-order chi connectivity index (χ1) is 6.15. The number of rotatable bonds is 2. The molecule has 4 heteroatoms. The number of hydrogen-bond donors (Lipinski definition) is 1. The summed E-state index contributed by atoms with van der Waals surface area (Å²) in [4.78, 5) is 13.4. The highest BCUT2D eigenvalue weighted by Gasteiger charge is 2.26. The second-order valence-electron chi connectivity index (χ2n) is 3.57. The zero-order valence-electron chi connectivity index (χ0n) is 8.54. The van der Waals surface area contributed by atoms with Crippen LogP contribution in [0.25, 0.3) is 0 Å². The Hall–Kier alpha value is -0.610. The van der Waals surface area contributed by atoms with Crippen molar-refractivity contribution < 1.29 is 9.53 Å². The summed E-state index contributed by atoms with van der Waals surface area (Å²) in [5.41, 5.74) is 0. The van der Waals surface area contributed by atoms with Gasteiger partial charge in [0.2, 0.25) is 5.91 Å². The second-order valence-corrected chi connectivity index (χ2v) is 3.57. The summed E-state index contributed by atoms with van der Waals surface area (Å²) in [5, 5.41) is 2.87. The molecule has 4 nitrogen and oxygen atoms in total. The lowest BCUT2D eigenvalue weighted by Gasteiger charge is -2.36. The van der Waals surface area contributed by atoms with Crippen LogP contribution in [0.1, 0.15) is 13.8 Å².